The molecule has 1 aromatic rings. The molecule has 0 heterocycles. The maximum Gasteiger partial charge on any atom is 0.0273 e. The highest BCUT2D eigenvalue weighted by Gasteiger charge is 2.12. The molecule has 1 aromatic carbocycles. The minimum atomic E-state index is 0.850. The van der Waals surface area contributed by atoms with Gasteiger partial charge < -0.3 is 5.73 Å². The van der Waals surface area contributed by atoms with Crippen molar-refractivity contribution in [2.24, 2.45) is 5.73 Å². The van der Waals surface area contributed by atoms with E-state index in [0.717, 1.165) is 12.1 Å². The number of hydrogen-bond acceptors (Lipinski definition) is 1. The van der Waals surface area contributed by atoms with E-state index in [1.807, 2.05) is 12.2 Å². The van der Waals surface area contributed by atoms with Crippen LogP contribution in [0.25, 0.3) is 0 Å². The van der Waals surface area contributed by atoms with Crippen molar-refractivity contribution in [3.63, 3.8) is 0 Å². The van der Waals surface area contributed by atoms with E-state index in [-0.39, 0.29) is 0 Å². The van der Waals surface area contributed by atoms with Crippen LogP contribution in [0.1, 0.15) is 61.6 Å². The Balaban J connectivity index is 1.45. The van der Waals surface area contributed by atoms with Crippen molar-refractivity contribution >= 4 is 0 Å². The number of unbranched alkanes of at least 4 members (excludes halogenated alkanes) is 6. The first-order chi connectivity index (χ1) is 11.3. The third kappa shape index (κ3) is 6.48. The summed E-state index contributed by atoms with van der Waals surface area (Å²) >= 11 is 0. The van der Waals surface area contributed by atoms with Crippen molar-refractivity contribution in [3.8, 4) is 0 Å². The van der Waals surface area contributed by atoms with Crippen LogP contribution in [0.5, 0.6) is 0 Å². The maximum atomic E-state index is 5.85. The molecule has 1 aliphatic rings. The lowest BCUT2D eigenvalue weighted by Gasteiger charge is -2.19. The second-order valence-electron chi connectivity index (χ2n) is 6.56. The van der Waals surface area contributed by atoms with Gasteiger partial charge >= 0.3 is 0 Å². The summed E-state index contributed by atoms with van der Waals surface area (Å²) in [6.07, 6.45) is 20.5. The number of benzene rings is 1. The van der Waals surface area contributed by atoms with Crippen LogP contribution in [-0.4, -0.2) is 0 Å². The molecule has 23 heavy (non-hydrogen) atoms. The molecule has 0 amide bonds. The average molecular weight is 309 g/mol. The van der Waals surface area contributed by atoms with Crippen LogP contribution in [0.4, 0.5) is 0 Å². The van der Waals surface area contributed by atoms with Gasteiger partial charge in [0, 0.05) is 5.70 Å². The molecule has 2 rings (SSSR count). The smallest absolute Gasteiger partial charge is 0.0273 e. The van der Waals surface area contributed by atoms with Crippen molar-refractivity contribution < 1.29 is 0 Å². The Morgan fingerprint density at radius 1 is 1.00 bits per heavy atom. The Kier molecular flexibility index (Phi) is 7.72. The standard InChI is InChI=1S/C22H31N/c1-2-3-12-22(23)13-10-8-6-4-5-7-9-11-19-14-15-20-16-17-21(20)18-19/h2-3,12-15,18H,1,4-11,16-17,23H2/b12-3-,22-13+. The zero-order valence-electron chi connectivity index (χ0n) is 14.4. The van der Waals surface area contributed by atoms with E-state index in [2.05, 4.69) is 30.9 Å². The van der Waals surface area contributed by atoms with Crippen LogP contribution >= 0.6 is 0 Å². The first-order valence-electron chi connectivity index (χ1n) is 9.15. The maximum absolute atomic E-state index is 5.85. The summed E-state index contributed by atoms with van der Waals surface area (Å²) in [4.78, 5) is 0. The van der Waals surface area contributed by atoms with Gasteiger partial charge in [0.1, 0.15) is 0 Å². The molecule has 0 atom stereocenters. The van der Waals surface area contributed by atoms with Crippen molar-refractivity contribution in [1.29, 1.82) is 0 Å². The number of fused-ring (bicyclic) bond motifs is 1. The molecular formula is C22H31N. The highest BCUT2D eigenvalue weighted by molar-refractivity contribution is 5.38. The molecule has 0 bridgehead atoms. The minimum Gasteiger partial charge on any atom is -0.399 e. The van der Waals surface area contributed by atoms with Crippen molar-refractivity contribution in [3.05, 3.63) is 71.5 Å². The predicted octanol–water partition coefficient (Wildman–Crippen LogP) is 5.64. The summed E-state index contributed by atoms with van der Waals surface area (Å²) < 4.78 is 0. The molecule has 1 aliphatic carbocycles. The van der Waals surface area contributed by atoms with Gasteiger partial charge in [-0.25, -0.2) is 0 Å². The van der Waals surface area contributed by atoms with Crippen LogP contribution in [0.3, 0.4) is 0 Å². The molecule has 1 heteroatoms. The van der Waals surface area contributed by atoms with Crippen molar-refractivity contribution in [2.75, 3.05) is 0 Å². The van der Waals surface area contributed by atoms with Crippen LogP contribution in [0, 0.1) is 0 Å². The van der Waals surface area contributed by atoms with Gasteiger partial charge in [-0.3, -0.25) is 0 Å². The van der Waals surface area contributed by atoms with E-state index in [9.17, 15) is 0 Å². The van der Waals surface area contributed by atoms with Crippen LogP contribution in [0.2, 0.25) is 0 Å². The summed E-state index contributed by atoms with van der Waals surface area (Å²) in [6.45, 7) is 3.64. The first kappa shape index (κ1) is 17.6. The van der Waals surface area contributed by atoms with E-state index in [1.54, 1.807) is 17.2 Å². The Bertz CT molecular complexity index is 551. The molecule has 1 nitrogen and oxygen atoms in total. The summed E-state index contributed by atoms with van der Waals surface area (Å²) in [6, 6.07) is 7.09. The summed E-state index contributed by atoms with van der Waals surface area (Å²) in [5, 5.41) is 0. The Hall–Kier alpha value is -1.76. The highest BCUT2D eigenvalue weighted by Crippen LogP contribution is 2.24. The minimum absolute atomic E-state index is 0.850. The zero-order valence-corrected chi connectivity index (χ0v) is 14.4. The fourth-order valence-corrected chi connectivity index (χ4v) is 3.10. The second-order valence-corrected chi connectivity index (χ2v) is 6.56. The topological polar surface area (TPSA) is 26.0 Å². The molecule has 0 radical (unpaired) electrons. The van der Waals surface area contributed by atoms with Gasteiger partial charge in [-0.05, 0) is 61.3 Å². The Morgan fingerprint density at radius 2 is 1.74 bits per heavy atom. The predicted molar refractivity (Wildman–Crippen MR) is 101 cm³/mol. The molecular weight excluding hydrogens is 278 g/mol. The van der Waals surface area contributed by atoms with Gasteiger partial charge in [-0.1, -0.05) is 68.7 Å². The van der Waals surface area contributed by atoms with E-state index in [0.29, 0.717) is 0 Å². The first-order valence-corrected chi connectivity index (χ1v) is 9.15. The molecule has 0 fully saturated rings. The number of allylic oxidation sites excluding steroid dienone is 4. The third-order valence-electron chi connectivity index (χ3n) is 4.66. The zero-order chi connectivity index (χ0) is 16.3. The number of aryl methyl sites for hydroxylation is 3. The van der Waals surface area contributed by atoms with E-state index in [4.69, 9.17) is 5.73 Å². The van der Waals surface area contributed by atoms with Gasteiger partial charge in [-0.2, -0.15) is 0 Å². The molecule has 0 saturated carbocycles. The largest absolute Gasteiger partial charge is 0.399 e. The van der Waals surface area contributed by atoms with Gasteiger partial charge in [0.15, 0.2) is 0 Å². The number of rotatable bonds is 11. The van der Waals surface area contributed by atoms with Crippen LogP contribution in [-0.2, 0) is 19.3 Å². The lowest BCUT2D eigenvalue weighted by molar-refractivity contribution is 0.596. The van der Waals surface area contributed by atoms with Gasteiger partial charge in [0.25, 0.3) is 0 Å². The van der Waals surface area contributed by atoms with Gasteiger partial charge in [-0.15, -0.1) is 0 Å². The summed E-state index contributed by atoms with van der Waals surface area (Å²) in [7, 11) is 0. The SMILES string of the molecule is C=C/C=C\C(N)=C/CCCCCCCCc1ccc2c(c1)CC2. The van der Waals surface area contributed by atoms with Gasteiger partial charge in [0.2, 0.25) is 0 Å². The lowest BCUT2D eigenvalue weighted by Crippen LogP contribution is -2.08. The molecule has 2 N–H and O–H groups in total. The fraction of sp³-hybridized carbons (Fsp3) is 0.455. The lowest BCUT2D eigenvalue weighted by atomic mass is 9.86. The number of nitrogens with two attached hydrogens (primary N) is 1. The van der Waals surface area contributed by atoms with Gasteiger partial charge in [0.05, 0.1) is 0 Å². The third-order valence-corrected chi connectivity index (χ3v) is 4.66. The normalized spacial score (nSPS) is 13.8. The summed E-state index contributed by atoms with van der Waals surface area (Å²) in [5.41, 5.74) is 11.4. The molecule has 124 valence electrons. The quantitative estimate of drug-likeness (QED) is 0.415. The number of hydrogen-bond donors (Lipinski definition) is 1. The monoisotopic (exact) mass is 309 g/mol. The Labute approximate surface area is 142 Å². The molecule has 0 spiro atoms. The van der Waals surface area contributed by atoms with Crippen molar-refractivity contribution in [2.45, 2.75) is 64.2 Å². The van der Waals surface area contributed by atoms with E-state index >= 15 is 0 Å². The second kappa shape index (κ2) is 10.1. The Morgan fingerprint density at radius 3 is 2.43 bits per heavy atom. The van der Waals surface area contributed by atoms with Crippen molar-refractivity contribution in [1.82, 2.24) is 0 Å². The fourth-order valence-electron chi connectivity index (χ4n) is 3.10. The molecule has 0 unspecified atom stereocenters. The molecule has 0 aliphatic heterocycles. The van der Waals surface area contributed by atoms with E-state index in [1.165, 1.54) is 63.4 Å². The molecule has 0 aromatic heterocycles. The van der Waals surface area contributed by atoms with E-state index < -0.39 is 0 Å². The highest BCUT2D eigenvalue weighted by atomic mass is 14.5. The van der Waals surface area contributed by atoms with Crippen LogP contribution in [0.15, 0.2) is 54.8 Å². The summed E-state index contributed by atoms with van der Waals surface area (Å²) in [5.74, 6) is 0. The van der Waals surface area contributed by atoms with Crippen LogP contribution < -0.4 is 5.73 Å². The molecule has 0 saturated heterocycles. The average Bonchev–Trinajstić information content (AvgIpc) is 2.53.